The number of benzene rings is 3. The highest BCUT2D eigenvalue weighted by Crippen LogP contribution is 2.28. The van der Waals surface area contributed by atoms with Gasteiger partial charge in [0.25, 0.3) is 0 Å². The third-order valence-corrected chi connectivity index (χ3v) is 6.09. The first-order valence-electron chi connectivity index (χ1n) is 10.3. The van der Waals surface area contributed by atoms with E-state index in [0.717, 1.165) is 28.1 Å². The Labute approximate surface area is 186 Å². The zero-order chi connectivity index (χ0) is 21.6. The quantitative estimate of drug-likeness (QED) is 0.555. The number of nitrogens with zero attached hydrogens (tertiary/aromatic N) is 1. The van der Waals surface area contributed by atoms with Gasteiger partial charge in [0.15, 0.2) is 0 Å². The van der Waals surface area contributed by atoms with E-state index in [2.05, 4.69) is 10.6 Å². The van der Waals surface area contributed by atoms with Gasteiger partial charge in [-0.3, -0.25) is 4.79 Å². The molecule has 1 atom stereocenters. The first-order valence-corrected chi connectivity index (χ1v) is 11.5. The topological polar surface area (TPSA) is 61.4 Å². The number of para-hydroxylation sites is 1. The molecule has 0 fully saturated rings. The molecule has 1 heterocycles. The predicted molar refractivity (Wildman–Crippen MR) is 127 cm³/mol. The van der Waals surface area contributed by atoms with E-state index in [0.29, 0.717) is 18.7 Å². The van der Waals surface area contributed by atoms with Gasteiger partial charge in [-0.25, -0.2) is 4.79 Å². The first kappa shape index (κ1) is 21.0. The molecule has 31 heavy (non-hydrogen) atoms. The van der Waals surface area contributed by atoms with E-state index in [9.17, 15) is 9.59 Å². The lowest BCUT2D eigenvalue weighted by atomic mass is 10.0. The standard InChI is InChI=1S/C25H25N3O2S/c1-31-21-12-7-11-20(17-21)26-25(30)27-22(16-18-8-3-2-4-9-18)24(29)28-15-14-19-10-5-6-13-23(19)28/h2-13,17,22H,14-16H2,1H3,(H2,26,27,30). The monoisotopic (exact) mass is 431 g/mol. The molecule has 5 nitrogen and oxygen atoms in total. The Balaban J connectivity index is 1.53. The maximum absolute atomic E-state index is 13.5. The average molecular weight is 432 g/mol. The minimum atomic E-state index is -0.669. The molecule has 0 spiro atoms. The lowest BCUT2D eigenvalue weighted by molar-refractivity contribution is -0.120. The van der Waals surface area contributed by atoms with Gasteiger partial charge in [0.05, 0.1) is 0 Å². The van der Waals surface area contributed by atoms with Crippen LogP contribution in [0.5, 0.6) is 0 Å². The summed E-state index contributed by atoms with van der Waals surface area (Å²) < 4.78 is 0. The third kappa shape index (κ3) is 5.09. The summed E-state index contributed by atoms with van der Waals surface area (Å²) in [6.07, 6.45) is 3.24. The molecule has 158 valence electrons. The van der Waals surface area contributed by atoms with Crippen molar-refractivity contribution in [1.82, 2.24) is 5.32 Å². The Morgan fingerprint density at radius 1 is 1.00 bits per heavy atom. The van der Waals surface area contributed by atoms with Crippen LogP contribution in [0.4, 0.5) is 16.2 Å². The van der Waals surface area contributed by atoms with Crippen LogP contribution < -0.4 is 15.5 Å². The summed E-state index contributed by atoms with van der Waals surface area (Å²) in [6.45, 7) is 0.628. The normalized spacial score (nSPS) is 13.4. The summed E-state index contributed by atoms with van der Waals surface area (Å²) in [4.78, 5) is 29.1. The van der Waals surface area contributed by atoms with Crippen LogP contribution >= 0.6 is 11.8 Å². The van der Waals surface area contributed by atoms with Gasteiger partial charge in [-0.1, -0.05) is 54.6 Å². The van der Waals surface area contributed by atoms with E-state index in [-0.39, 0.29) is 11.9 Å². The summed E-state index contributed by atoms with van der Waals surface area (Å²) in [5.74, 6) is -0.0955. The number of hydrogen-bond donors (Lipinski definition) is 2. The van der Waals surface area contributed by atoms with E-state index >= 15 is 0 Å². The Morgan fingerprint density at radius 2 is 1.77 bits per heavy atom. The van der Waals surface area contributed by atoms with Crippen LogP contribution in [0.25, 0.3) is 0 Å². The van der Waals surface area contributed by atoms with Gasteiger partial charge in [-0.15, -0.1) is 11.8 Å². The van der Waals surface area contributed by atoms with Crippen molar-refractivity contribution in [2.45, 2.75) is 23.8 Å². The van der Waals surface area contributed by atoms with Crippen LogP contribution in [-0.2, 0) is 17.6 Å². The van der Waals surface area contributed by atoms with Crippen molar-refractivity contribution >= 4 is 35.1 Å². The van der Waals surface area contributed by atoms with Crippen molar-refractivity contribution < 1.29 is 9.59 Å². The van der Waals surface area contributed by atoms with Crippen LogP contribution in [0, 0.1) is 0 Å². The Morgan fingerprint density at radius 3 is 2.58 bits per heavy atom. The molecule has 2 N–H and O–H groups in total. The number of hydrogen-bond acceptors (Lipinski definition) is 3. The van der Waals surface area contributed by atoms with Gasteiger partial charge >= 0.3 is 6.03 Å². The van der Waals surface area contributed by atoms with Crippen molar-refractivity contribution in [1.29, 1.82) is 0 Å². The molecule has 0 saturated heterocycles. The molecule has 0 radical (unpaired) electrons. The zero-order valence-corrected chi connectivity index (χ0v) is 18.2. The highest BCUT2D eigenvalue weighted by Gasteiger charge is 2.31. The number of carbonyl (C=O) groups is 2. The number of amides is 3. The zero-order valence-electron chi connectivity index (χ0n) is 17.4. The molecule has 3 aromatic carbocycles. The summed E-state index contributed by atoms with van der Waals surface area (Å²) in [7, 11) is 0. The SMILES string of the molecule is CSc1cccc(NC(=O)NC(Cc2ccccc2)C(=O)N2CCc3ccccc32)c1. The highest BCUT2D eigenvalue weighted by molar-refractivity contribution is 7.98. The number of urea groups is 1. The Bertz CT molecular complexity index is 1070. The molecule has 0 aliphatic carbocycles. The second-order valence-corrected chi connectivity index (χ2v) is 8.32. The predicted octanol–water partition coefficient (Wildman–Crippen LogP) is 4.73. The number of fused-ring (bicyclic) bond motifs is 1. The number of thioether (sulfide) groups is 1. The van der Waals surface area contributed by atoms with Crippen LogP contribution in [0.15, 0.2) is 83.8 Å². The molecule has 0 aromatic heterocycles. The molecule has 1 aliphatic heterocycles. The van der Waals surface area contributed by atoms with Crippen LogP contribution in [0.1, 0.15) is 11.1 Å². The minimum absolute atomic E-state index is 0.0955. The molecule has 4 rings (SSSR count). The third-order valence-electron chi connectivity index (χ3n) is 5.37. The molecule has 3 aromatic rings. The summed E-state index contributed by atoms with van der Waals surface area (Å²) in [5.41, 5.74) is 3.79. The van der Waals surface area contributed by atoms with Crippen LogP contribution in [0.2, 0.25) is 0 Å². The molecule has 3 amide bonds. The van der Waals surface area contributed by atoms with Gasteiger partial charge < -0.3 is 15.5 Å². The second kappa shape index (κ2) is 9.71. The summed E-state index contributed by atoms with van der Waals surface area (Å²) >= 11 is 1.61. The number of nitrogens with one attached hydrogen (secondary N) is 2. The van der Waals surface area contributed by atoms with E-state index in [4.69, 9.17) is 0 Å². The molecule has 6 heteroatoms. The van der Waals surface area contributed by atoms with Crippen molar-refractivity contribution in [3.8, 4) is 0 Å². The minimum Gasteiger partial charge on any atom is -0.326 e. The molecule has 1 unspecified atom stereocenters. The molecular weight excluding hydrogens is 406 g/mol. The largest absolute Gasteiger partial charge is 0.326 e. The first-order chi connectivity index (χ1) is 15.1. The molecular formula is C25H25N3O2S. The molecule has 1 aliphatic rings. The average Bonchev–Trinajstić information content (AvgIpc) is 3.23. The fourth-order valence-corrected chi connectivity index (χ4v) is 4.29. The van der Waals surface area contributed by atoms with Gasteiger partial charge in [0, 0.05) is 29.2 Å². The lowest BCUT2D eigenvalue weighted by Gasteiger charge is -2.25. The second-order valence-electron chi connectivity index (χ2n) is 7.44. The molecule has 0 saturated carbocycles. The van der Waals surface area contributed by atoms with Crippen molar-refractivity contribution in [3.63, 3.8) is 0 Å². The Kier molecular flexibility index (Phi) is 6.57. The van der Waals surface area contributed by atoms with Gasteiger partial charge in [0.1, 0.15) is 6.04 Å². The van der Waals surface area contributed by atoms with E-state index in [1.807, 2.05) is 85.1 Å². The molecule has 0 bridgehead atoms. The van der Waals surface area contributed by atoms with Gasteiger partial charge in [-0.05, 0) is 48.1 Å². The van der Waals surface area contributed by atoms with Crippen molar-refractivity contribution in [3.05, 3.63) is 90.0 Å². The van der Waals surface area contributed by atoms with Crippen LogP contribution in [0.3, 0.4) is 0 Å². The van der Waals surface area contributed by atoms with E-state index in [1.165, 1.54) is 0 Å². The van der Waals surface area contributed by atoms with Gasteiger partial charge in [-0.2, -0.15) is 0 Å². The summed E-state index contributed by atoms with van der Waals surface area (Å²) in [6, 6.07) is 24.3. The lowest BCUT2D eigenvalue weighted by Crippen LogP contribution is -2.50. The van der Waals surface area contributed by atoms with Crippen LogP contribution in [-0.4, -0.2) is 30.8 Å². The summed E-state index contributed by atoms with van der Waals surface area (Å²) in [5, 5.41) is 5.77. The number of rotatable bonds is 6. The Hall–Kier alpha value is -3.25. The van der Waals surface area contributed by atoms with Crippen molar-refractivity contribution in [2.24, 2.45) is 0 Å². The maximum Gasteiger partial charge on any atom is 0.319 e. The van der Waals surface area contributed by atoms with E-state index < -0.39 is 6.04 Å². The van der Waals surface area contributed by atoms with Crippen molar-refractivity contribution in [2.75, 3.05) is 23.0 Å². The van der Waals surface area contributed by atoms with Gasteiger partial charge in [0.2, 0.25) is 5.91 Å². The maximum atomic E-state index is 13.5. The number of carbonyl (C=O) groups excluding carboxylic acids is 2. The fourth-order valence-electron chi connectivity index (χ4n) is 3.83. The smallest absolute Gasteiger partial charge is 0.319 e. The van der Waals surface area contributed by atoms with E-state index in [1.54, 1.807) is 16.7 Å². The number of anilines is 2. The highest BCUT2D eigenvalue weighted by atomic mass is 32.2. The fraction of sp³-hybridized carbons (Fsp3) is 0.200.